The molecular weight excluding hydrogens is 248 g/mol. The van der Waals surface area contributed by atoms with Crippen LogP contribution in [0.1, 0.15) is 42.8 Å². The van der Waals surface area contributed by atoms with Crippen molar-refractivity contribution < 1.29 is 0 Å². The third kappa shape index (κ3) is 2.90. The minimum atomic E-state index is 0.211. The highest BCUT2D eigenvalue weighted by Gasteiger charge is 2.12. The minimum Gasteiger partial charge on any atom is -0.327 e. The molecule has 20 heavy (non-hydrogen) atoms. The average molecular weight is 272 g/mol. The minimum absolute atomic E-state index is 0.211. The van der Waals surface area contributed by atoms with Gasteiger partial charge in [0.05, 0.1) is 5.69 Å². The Bertz CT molecular complexity index is 569. The van der Waals surface area contributed by atoms with Crippen LogP contribution in [0.15, 0.2) is 18.3 Å². The van der Waals surface area contributed by atoms with Gasteiger partial charge < -0.3 is 5.73 Å². The molecule has 0 amide bonds. The zero-order valence-electron chi connectivity index (χ0n) is 12.8. The summed E-state index contributed by atoms with van der Waals surface area (Å²) in [6.07, 6.45) is 4.77. The van der Waals surface area contributed by atoms with Gasteiger partial charge in [-0.15, -0.1) is 0 Å². The lowest BCUT2D eigenvalue weighted by Crippen LogP contribution is -2.21. The fourth-order valence-corrected chi connectivity index (χ4v) is 2.52. The van der Waals surface area contributed by atoms with E-state index in [0.717, 1.165) is 30.8 Å². The molecule has 0 radical (unpaired) electrons. The summed E-state index contributed by atoms with van der Waals surface area (Å²) in [5, 5.41) is 4.59. The fraction of sp³-hybridized carbons (Fsp3) is 0.500. The lowest BCUT2D eigenvalue weighted by atomic mass is 10.1. The van der Waals surface area contributed by atoms with Crippen LogP contribution in [0.25, 0.3) is 5.82 Å². The molecule has 2 rings (SSSR count). The molecule has 4 nitrogen and oxygen atoms in total. The Morgan fingerprint density at radius 1 is 1.25 bits per heavy atom. The zero-order chi connectivity index (χ0) is 14.7. The molecule has 108 valence electrons. The third-order valence-corrected chi connectivity index (χ3v) is 3.84. The van der Waals surface area contributed by atoms with Crippen molar-refractivity contribution in [3.63, 3.8) is 0 Å². The highest BCUT2D eigenvalue weighted by molar-refractivity contribution is 5.33. The first kappa shape index (κ1) is 14.7. The number of pyridine rings is 1. The van der Waals surface area contributed by atoms with Gasteiger partial charge >= 0.3 is 0 Å². The quantitative estimate of drug-likeness (QED) is 0.910. The molecule has 0 saturated carbocycles. The molecule has 0 spiro atoms. The highest BCUT2D eigenvalue weighted by atomic mass is 15.3. The van der Waals surface area contributed by atoms with Crippen LogP contribution < -0.4 is 5.73 Å². The summed E-state index contributed by atoms with van der Waals surface area (Å²) < 4.78 is 1.93. The molecule has 1 atom stereocenters. The van der Waals surface area contributed by atoms with E-state index in [2.05, 4.69) is 43.8 Å². The summed E-state index contributed by atoms with van der Waals surface area (Å²) in [6.45, 7) is 8.41. The predicted molar refractivity (Wildman–Crippen MR) is 82.2 cm³/mol. The number of aromatic nitrogens is 3. The molecule has 1 unspecified atom stereocenters. The van der Waals surface area contributed by atoms with Crippen LogP contribution in [0, 0.1) is 13.8 Å². The third-order valence-electron chi connectivity index (χ3n) is 3.84. The number of rotatable bonds is 5. The highest BCUT2D eigenvalue weighted by Crippen LogP contribution is 2.17. The van der Waals surface area contributed by atoms with Crippen LogP contribution in [0.4, 0.5) is 0 Å². The first-order valence-electron chi connectivity index (χ1n) is 7.32. The van der Waals surface area contributed by atoms with Crippen molar-refractivity contribution in [2.75, 3.05) is 0 Å². The van der Waals surface area contributed by atoms with Gasteiger partial charge in [-0.25, -0.2) is 9.67 Å². The Balaban J connectivity index is 2.26. The molecule has 0 aromatic carbocycles. The van der Waals surface area contributed by atoms with E-state index in [1.807, 2.05) is 16.9 Å². The van der Waals surface area contributed by atoms with Gasteiger partial charge in [0.25, 0.3) is 0 Å². The maximum absolute atomic E-state index is 5.97. The van der Waals surface area contributed by atoms with E-state index >= 15 is 0 Å². The van der Waals surface area contributed by atoms with E-state index in [1.54, 1.807) is 0 Å². The summed E-state index contributed by atoms with van der Waals surface area (Å²) in [5.41, 5.74) is 10.7. The van der Waals surface area contributed by atoms with Crippen molar-refractivity contribution in [1.29, 1.82) is 0 Å². The Labute approximate surface area is 121 Å². The number of aryl methyl sites for hydroxylation is 1. The van der Waals surface area contributed by atoms with Crippen molar-refractivity contribution in [1.82, 2.24) is 14.8 Å². The van der Waals surface area contributed by atoms with Gasteiger partial charge in [0.15, 0.2) is 5.82 Å². The van der Waals surface area contributed by atoms with Crippen molar-refractivity contribution in [2.45, 2.75) is 53.0 Å². The zero-order valence-corrected chi connectivity index (χ0v) is 12.8. The van der Waals surface area contributed by atoms with E-state index < -0.39 is 0 Å². The molecule has 4 heteroatoms. The van der Waals surface area contributed by atoms with Crippen LogP contribution in [0.3, 0.4) is 0 Å². The van der Waals surface area contributed by atoms with Crippen LogP contribution in [0.5, 0.6) is 0 Å². The molecule has 0 aliphatic carbocycles. The topological polar surface area (TPSA) is 56.7 Å². The first-order valence-corrected chi connectivity index (χ1v) is 7.32. The second-order valence-corrected chi connectivity index (χ2v) is 5.31. The van der Waals surface area contributed by atoms with Crippen molar-refractivity contribution in [2.24, 2.45) is 5.73 Å². The molecule has 0 bridgehead atoms. The number of hydrogen-bond acceptors (Lipinski definition) is 3. The monoisotopic (exact) mass is 272 g/mol. The van der Waals surface area contributed by atoms with Crippen LogP contribution in [-0.2, 0) is 12.8 Å². The van der Waals surface area contributed by atoms with Gasteiger partial charge in [-0.2, -0.15) is 5.10 Å². The Morgan fingerprint density at radius 3 is 2.50 bits per heavy atom. The van der Waals surface area contributed by atoms with Gasteiger partial charge in [0, 0.05) is 17.9 Å². The molecule has 2 N–H and O–H groups in total. The van der Waals surface area contributed by atoms with Crippen LogP contribution >= 0.6 is 0 Å². The van der Waals surface area contributed by atoms with E-state index in [4.69, 9.17) is 5.73 Å². The molecular formula is C16H24N4. The van der Waals surface area contributed by atoms with E-state index in [1.165, 1.54) is 16.8 Å². The van der Waals surface area contributed by atoms with Crippen molar-refractivity contribution in [3.05, 3.63) is 40.8 Å². The molecule has 0 aliphatic rings. The van der Waals surface area contributed by atoms with E-state index in [0.29, 0.717) is 0 Å². The Morgan fingerprint density at radius 2 is 2.00 bits per heavy atom. The number of nitrogens with two attached hydrogens (primary N) is 1. The number of hydrogen-bond donors (Lipinski definition) is 1. The Kier molecular flexibility index (Phi) is 4.55. The summed E-state index contributed by atoms with van der Waals surface area (Å²) in [7, 11) is 0. The average Bonchev–Trinajstić information content (AvgIpc) is 2.74. The lowest BCUT2D eigenvalue weighted by Gasteiger charge is -2.09. The van der Waals surface area contributed by atoms with E-state index in [9.17, 15) is 0 Å². The van der Waals surface area contributed by atoms with Gasteiger partial charge in [-0.3, -0.25) is 0 Å². The van der Waals surface area contributed by atoms with Gasteiger partial charge in [-0.05, 0) is 50.3 Å². The summed E-state index contributed by atoms with van der Waals surface area (Å²) in [5.74, 6) is 0.874. The van der Waals surface area contributed by atoms with Crippen molar-refractivity contribution >= 4 is 0 Å². The van der Waals surface area contributed by atoms with Gasteiger partial charge in [0.2, 0.25) is 0 Å². The molecule has 0 saturated heterocycles. The fourth-order valence-electron chi connectivity index (χ4n) is 2.52. The summed E-state index contributed by atoms with van der Waals surface area (Å²) in [4.78, 5) is 4.53. The molecule has 2 aromatic heterocycles. The molecule has 2 heterocycles. The molecule has 2 aromatic rings. The Hall–Kier alpha value is -1.68. The molecule has 0 fully saturated rings. The predicted octanol–water partition coefficient (Wildman–Crippen LogP) is 2.73. The second kappa shape index (κ2) is 6.18. The maximum atomic E-state index is 5.97. The largest absolute Gasteiger partial charge is 0.327 e. The maximum Gasteiger partial charge on any atom is 0.153 e. The smallest absolute Gasteiger partial charge is 0.153 e. The van der Waals surface area contributed by atoms with E-state index in [-0.39, 0.29) is 6.04 Å². The SMILES string of the molecule is CCc1c(C)nn(-c2ccc(CC(N)CC)cn2)c1C. The molecule has 0 aliphatic heterocycles. The lowest BCUT2D eigenvalue weighted by molar-refractivity contribution is 0.644. The standard InChI is InChI=1S/C16H24N4/c1-5-14(17)9-13-7-8-16(18-10-13)20-12(4)15(6-2)11(3)19-20/h7-8,10,14H,5-6,9,17H2,1-4H3. The van der Waals surface area contributed by atoms with Gasteiger partial charge in [0.1, 0.15) is 0 Å². The number of nitrogens with zero attached hydrogens (tertiary/aromatic N) is 3. The normalized spacial score (nSPS) is 12.7. The summed E-state index contributed by atoms with van der Waals surface area (Å²) >= 11 is 0. The van der Waals surface area contributed by atoms with Crippen LogP contribution in [-0.4, -0.2) is 20.8 Å². The van der Waals surface area contributed by atoms with Crippen LogP contribution in [0.2, 0.25) is 0 Å². The second-order valence-electron chi connectivity index (χ2n) is 5.31. The summed E-state index contributed by atoms with van der Waals surface area (Å²) in [6, 6.07) is 4.33. The van der Waals surface area contributed by atoms with Crippen molar-refractivity contribution in [3.8, 4) is 5.82 Å². The van der Waals surface area contributed by atoms with Gasteiger partial charge in [-0.1, -0.05) is 19.9 Å². The first-order chi connectivity index (χ1) is 9.56.